The Labute approximate surface area is 175 Å². The van der Waals surface area contributed by atoms with Crippen molar-refractivity contribution in [1.82, 2.24) is 5.32 Å². The molecule has 1 N–H and O–H groups in total. The molecule has 5 nitrogen and oxygen atoms in total. The average Bonchev–Trinajstić information content (AvgIpc) is 2.78. The number of piperidine rings is 1. The van der Waals surface area contributed by atoms with Gasteiger partial charge in [-0.1, -0.05) is 54.6 Å². The van der Waals surface area contributed by atoms with Gasteiger partial charge in [0.05, 0.1) is 18.2 Å². The molecule has 1 saturated heterocycles. The van der Waals surface area contributed by atoms with E-state index in [2.05, 4.69) is 35.6 Å². The Hall–Kier alpha value is -3.47. The molecule has 1 fully saturated rings. The predicted molar refractivity (Wildman–Crippen MR) is 115 cm³/mol. The summed E-state index contributed by atoms with van der Waals surface area (Å²) in [6.45, 7) is 0.373. The molecule has 152 valence electrons. The largest absolute Gasteiger partial charge is 0.492 e. The van der Waals surface area contributed by atoms with E-state index in [1.165, 1.54) is 10.8 Å². The second kappa shape index (κ2) is 8.91. The molecule has 0 bridgehead atoms. The highest BCUT2D eigenvalue weighted by Gasteiger charge is 2.29. The van der Waals surface area contributed by atoms with Crippen molar-refractivity contribution in [2.24, 2.45) is 0 Å². The number of benzene rings is 3. The normalized spacial score (nSPS) is 16.1. The zero-order chi connectivity index (χ0) is 20.9. The van der Waals surface area contributed by atoms with Gasteiger partial charge in [0, 0.05) is 18.4 Å². The summed E-state index contributed by atoms with van der Waals surface area (Å²) in [5, 5.41) is 5.08. The summed E-state index contributed by atoms with van der Waals surface area (Å²) in [6, 6.07) is 18.8. The van der Waals surface area contributed by atoms with Gasteiger partial charge in [-0.2, -0.15) is 0 Å². The molecule has 1 heterocycles. The van der Waals surface area contributed by atoms with Gasteiger partial charge < -0.3 is 10.1 Å². The summed E-state index contributed by atoms with van der Waals surface area (Å²) >= 11 is 0. The Morgan fingerprint density at radius 1 is 1.07 bits per heavy atom. The highest BCUT2D eigenvalue weighted by molar-refractivity contribution is 6.09. The molecule has 0 spiro atoms. The van der Waals surface area contributed by atoms with Crippen molar-refractivity contribution < 1.29 is 19.1 Å². The summed E-state index contributed by atoms with van der Waals surface area (Å²) in [4.78, 5) is 36.3. The molecule has 3 aromatic rings. The van der Waals surface area contributed by atoms with Crippen LogP contribution in [-0.4, -0.2) is 30.6 Å². The number of carbonyl (C=O) groups excluding carboxylic acids is 3. The number of amides is 1. The van der Waals surface area contributed by atoms with Crippen molar-refractivity contribution in [2.75, 3.05) is 6.61 Å². The Morgan fingerprint density at radius 3 is 2.70 bits per heavy atom. The molecule has 1 aliphatic rings. The van der Waals surface area contributed by atoms with Gasteiger partial charge in [-0.3, -0.25) is 14.4 Å². The van der Waals surface area contributed by atoms with Crippen molar-refractivity contribution in [2.45, 2.75) is 31.7 Å². The van der Waals surface area contributed by atoms with Gasteiger partial charge in [0.2, 0.25) is 5.91 Å². The lowest BCUT2D eigenvalue weighted by atomic mass is 9.93. The minimum Gasteiger partial charge on any atom is -0.492 e. The van der Waals surface area contributed by atoms with Gasteiger partial charge in [0.15, 0.2) is 12.1 Å². The van der Waals surface area contributed by atoms with E-state index in [0.29, 0.717) is 44.3 Å². The summed E-state index contributed by atoms with van der Waals surface area (Å²) in [7, 11) is 0. The highest BCUT2D eigenvalue weighted by Crippen LogP contribution is 2.26. The number of hydrogen-bond donors (Lipinski definition) is 1. The van der Waals surface area contributed by atoms with E-state index in [9.17, 15) is 14.4 Å². The second-order valence-corrected chi connectivity index (χ2v) is 7.49. The predicted octanol–water partition coefficient (Wildman–Crippen LogP) is 4.13. The van der Waals surface area contributed by atoms with Crippen molar-refractivity contribution in [1.29, 1.82) is 0 Å². The lowest BCUT2D eigenvalue weighted by molar-refractivity contribution is -0.122. The molecule has 1 amide bonds. The molecule has 0 saturated carbocycles. The zero-order valence-corrected chi connectivity index (χ0v) is 16.6. The minimum atomic E-state index is -0.616. The van der Waals surface area contributed by atoms with Gasteiger partial charge in [-0.05, 0) is 35.2 Å². The Kier molecular flexibility index (Phi) is 5.89. The van der Waals surface area contributed by atoms with E-state index in [0.717, 1.165) is 5.56 Å². The molecule has 1 atom stereocenters. The minimum absolute atomic E-state index is 0.137. The number of ether oxygens (including phenoxy) is 1. The van der Waals surface area contributed by atoms with Crippen LogP contribution in [0.15, 0.2) is 60.7 Å². The van der Waals surface area contributed by atoms with Crippen molar-refractivity contribution in [3.05, 3.63) is 77.4 Å². The Balaban J connectivity index is 1.51. The fraction of sp³-hybridized carbons (Fsp3) is 0.240. The lowest BCUT2D eigenvalue weighted by Crippen LogP contribution is -2.44. The fourth-order valence-corrected chi connectivity index (χ4v) is 3.88. The van der Waals surface area contributed by atoms with Crippen LogP contribution >= 0.6 is 0 Å². The molecule has 1 aliphatic heterocycles. The van der Waals surface area contributed by atoms with Crippen LogP contribution < -0.4 is 10.1 Å². The molecule has 5 heteroatoms. The summed E-state index contributed by atoms with van der Waals surface area (Å²) in [6.07, 6.45) is 2.98. The van der Waals surface area contributed by atoms with Gasteiger partial charge in [0.25, 0.3) is 0 Å². The number of ketones is 1. The topological polar surface area (TPSA) is 72.5 Å². The first-order valence-electron chi connectivity index (χ1n) is 10.2. The van der Waals surface area contributed by atoms with Gasteiger partial charge in [-0.25, -0.2) is 0 Å². The molecule has 1 unspecified atom stereocenters. The van der Waals surface area contributed by atoms with Gasteiger partial charge in [-0.15, -0.1) is 0 Å². The third-order valence-corrected chi connectivity index (χ3v) is 5.44. The number of aldehydes is 1. The van der Waals surface area contributed by atoms with Crippen LogP contribution in [0.25, 0.3) is 10.8 Å². The molecule has 0 aromatic heterocycles. The number of fused-ring (bicyclic) bond motifs is 1. The molecule has 30 heavy (non-hydrogen) atoms. The van der Waals surface area contributed by atoms with Crippen LogP contribution in [-0.2, 0) is 11.2 Å². The monoisotopic (exact) mass is 401 g/mol. The summed E-state index contributed by atoms with van der Waals surface area (Å²) < 4.78 is 5.94. The van der Waals surface area contributed by atoms with Crippen LogP contribution in [0.4, 0.5) is 0 Å². The molecular weight excluding hydrogens is 378 g/mol. The molecular formula is C25H23NO4. The maximum atomic E-state index is 13.1. The van der Waals surface area contributed by atoms with E-state index in [1.807, 2.05) is 12.1 Å². The van der Waals surface area contributed by atoms with Gasteiger partial charge >= 0.3 is 0 Å². The first kappa shape index (κ1) is 19.8. The third kappa shape index (κ3) is 4.25. The number of rotatable bonds is 7. The van der Waals surface area contributed by atoms with E-state index in [4.69, 9.17) is 4.74 Å². The van der Waals surface area contributed by atoms with Crippen LogP contribution in [0, 0.1) is 0 Å². The van der Waals surface area contributed by atoms with Crippen molar-refractivity contribution in [3.63, 3.8) is 0 Å². The number of hydrogen-bond acceptors (Lipinski definition) is 4. The van der Waals surface area contributed by atoms with E-state index in [1.54, 1.807) is 18.2 Å². The van der Waals surface area contributed by atoms with Gasteiger partial charge in [0.1, 0.15) is 5.75 Å². The lowest BCUT2D eigenvalue weighted by Gasteiger charge is -2.23. The standard InChI is InChI=1S/C25H23NO4/c27-16-20-7-3-9-22(24(20)25(29)21-8-4-10-23(28)26-21)30-14-13-17-11-12-18-5-1-2-6-19(18)15-17/h1-3,5-7,9,11-12,15-16,21H,4,8,10,13-14H2,(H,26,28). The van der Waals surface area contributed by atoms with E-state index < -0.39 is 6.04 Å². The highest BCUT2D eigenvalue weighted by atomic mass is 16.5. The van der Waals surface area contributed by atoms with Crippen LogP contribution in [0.3, 0.4) is 0 Å². The van der Waals surface area contributed by atoms with Crippen LogP contribution in [0.5, 0.6) is 5.75 Å². The quantitative estimate of drug-likeness (QED) is 0.477. The second-order valence-electron chi connectivity index (χ2n) is 7.49. The van der Waals surface area contributed by atoms with E-state index in [-0.39, 0.29) is 22.8 Å². The fourth-order valence-electron chi connectivity index (χ4n) is 3.88. The maximum absolute atomic E-state index is 13.1. The number of Topliss-reactive ketones (excluding diaryl/α,β-unsaturated/α-hetero) is 1. The molecule has 3 aromatic carbocycles. The Bertz CT molecular complexity index is 1110. The molecule has 0 aliphatic carbocycles. The Morgan fingerprint density at radius 2 is 1.90 bits per heavy atom. The SMILES string of the molecule is O=Cc1cccc(OCCc2ccc3ccccc3c2)c1C(=O)C1CCCC(=O)N1. The number of carbonyl (C=O) groups is 3. The summed E-state index contributed by atoms with van der Waals surface area (Å²) in [5.74, 6) is -0.0291. The number of nitrogens with one attached hydrogen (secondary N) is 1. The van der Waals surface area contributed by atoms with Crippen molar-refractivity contribution >= 4 is 28.7 Å². The summed E-state index contributed by atoms with van der Waals surface area (Å²) in [5.41, 5.74) is 1.66. The smallest absolute Gasteiger partial charge is 0.220 e. The zero-order valence-electron chi connectivity index (χ0n) is 16.6. The first-order valence-corrected chi connectivity index (χ1v) is 10.2. The molecule has 4 rings (SSSR count). The third-order valence-electron chi connectivity index (χ3n) is 5.44. The van der Waals surface area contributed by atoms with Crippen LogP contribution in [0.2, 0.25) is 0 Å². The molecule has 0 radical (unpaired) electrons. The van der Waals surface area contributed by atoms with Crippen molar-refractivity contribution in [3.8, 4) is 5.75 Å². The van der Waals surface area contributed by atoms with Crippen LogP contribution in [0.1, 0.15) is 45.5 Å². The average molecular weight is 401 g/mol. The maximum Gasteiger partial charge on any atom is 0.220 e. The first-order chi connectivity index (χ1) is 14.7. The van der Waals surface area contributed by atoms with E-state index >= 15 is 0 Å².